The Balaban J connectivity index is 2.11. The lowest BCUT2D eigenvalue weighted by Gasteiger charge is -2.37. The molecule has 1 aromatic carbocycles. The summed E-state index contributed by atoms with van der Waals surface area (Å²) in [5, 5.41) is 9.20. The highest BCUT2D eigenvalue weighted by atomic mass is 79.9. The van der Waals surface area contributed by atoms with Crippen LogP contribution in [0.4, 0.5) is 4.39 Å². The van der Waals surface area contributed by atoms with Gasteiger partial charge in [-0.05, 0) is 44.0 Å². The summed E-state index contributed by atoms with van der Waals surface area (Å²) in [7, 11) is 0. The van der Waals surface area contributed by atoms with E-state index in [4.69, 9.17) is 0 Å². The van der Waals surface area contributed by atoms with Crippen LogP contribution < -0.4 is 0 Å². The molecule has 0 spiro atoms. The predicted molar refractivity (Wildman–Crippen MR) is 74.3 cm³/mol. The van der Waals surface area contributed by atoms with Gasteiger partial charge >= 0.3 is 5.97 Å². The van der Waals surface area contributed by atoms with Gasteiger partial charge in [-0.15, -0.1) is 0 Å². The van der Waals surface area contributed by atoms with Crippen LogP contribution in [0.15, 0.2) is 22.7 Å². The van der Waals surface area contributed by atoms with Gasteiger partial charge < -0.3 is 5.11 Å². The molecule has 1 fully saturated rings. The van der Waals surface area contributed by atoms with Crippen molar-refractivity contribution in [1.29, 1.82) is 0 Å². The average Bonchev–Trinajstić information content (AvgIpc) is 2.34. The van der Waals surface area contributed by atoms with Gasteiger partial charge in [0, 0.05) is 17.1 Å². The molecule has 0 unspecified atom stereocenters. The number of benzene rings is 1. The van der Waals surface area contributed by atoms with Gasteiger partial charge in [0.2, 0.25) is 0 Å². The number of aliphatic carboxylic acids is 1. The van der Waals surface area contributed by atoms with Crippen LogP contribution in [0.5, 0.6) is 0 Å². The largest absolute Gasteiger partial charge is 0.481 e. The molecule has 0 saturated carbocycles. The standard InChI is InChI=1S/C14H17BrFNO2/c1-9-12(14(18)19)3-2-6-17(9)8-10-4-5-11(16)7-13(10)15/h4-5,7,9,12H,2-3,6,8H2,1H3,(H,18,19)/t9-,12-/m1/s1. The van der Waals surface area contributed by atoms with E-state index in [-0.39, 0.29) is 17.8 Å². The highest BCUT2D eigenvalue weighted by Crippen LogP contribution is 2.27. The van der Waals surface area contributed by atoms with Crippen molar-refractivity contribution in [3.8, 4) is 0 Å². The first-order valence-electron chi connectivity index (χ1n) is 6.40. The average molecular weight is 330 g/mol. The molecule has 1 aromatic rings. The first kappa shape index (κ1) is 14.5. The smallest absolute Gasteiger partial charge is 0.308 e. The van der Waals surface area contributed by atoms with Crippen molar-refractivity contribution in [1.82, 2.24) is 4.90 Å². The Morgan fingerprint density at radius 3 is 2.95 bits per heavy atom. The molecule has 2 atom stereocenters. The Morgan fingerprint density at radius 1 is 1.58 bits per heavy atom. The van der Waals surface area contributed by atoms with E-state index >= 15 is 0 Å². The first-order valence-corrected chi connectivity index (χ1v) is 7.19. The van der Waals surface area contributed by atoms with Crippen LogP contribution in [0.25, 0.3) is 0 Å². The van der Waals surface area contributed by atoms with E-state index < -0.39 is 5.97 Å². The summed E-state index contributed by atoms with van der Waals surface area (Å²) in [4.78, 5) is 13.3. The molecule has 19 heavy (non-hydrogen) atoms. The zero-order chi connectivity index (χ0) is 14.0. The normalized spacial score (nSPS) is 24.4. The molecular formula is C14H17BrFNO2. The summed E-state index contributed by atoms with van der Waals surface area (Å²) in [6.45, 7) is 3.48. The molecule has 3 nitrogen and oxygen atoms in total. The summed E-state index contributed by atoms with van der Waals surface area (Å²) in [5.74, 6) is -1.31. The molecular weight excluding hydrogens is 313 g/mol. The van der Waals surface area contributed by atoms with E-state index in [1.807, 2.05) is 6.92 Å². The maximum absolute atomic E-state index is 13.0. The Kier molecular flexibility index (Phi) is 4.58. The number of carbonyl (C=O) groups is 1. The fourth-order valence-electron chi connectivity index (χ4n) is 2.64. The van der Waals surface area contributed by atoms with Crippen LogP contribution in [-0.4, -0.2) is 28.6 Å². The molecule has 0 aliphatic carbocycles. The fourth-order valence-corrected chi connectivity index (χ4v) is 3.11. The zero-order valence-corrected chi connectivity index (χ0v) is 12.4. The molecule has 5 heteroatoms. The number of hydrogen-bond donors (Lipinski definition) is 1. The van der Waals surface area contributed by atoms with Crippen LogP contribution in [0.2, 0.25) is 0 Å². The highest BCUT2D eigenvalue weighted by Gasteiger charge is 2.32. The monoisotopic (exact) mass is 329 g/mol. The summed E-state index contributed by atoms with van der Waals surface area (Å²) in [5.41, 5.74) is 0.985. The van der Waals surface area contributed by atoms with E-state index in [0.717, 1.165) is 29.4 Å². The molecule has 1 aliphatic heterocycles. The molecule has 0 radical (unpaired) electrons. The molecule has 2 rings (SSSR count). The molecule has 0 bridgehead atoms. The van der Waals surface area contributed by atoms with Gasteiger partial charge in [-0.1, -0.05) is 22.0 Å². The van der Waals surface area contributed by atoms with E-state index in [1.54, 1.807) is 6.07 Å². The Hall–Kier alpha value is -0.940. The second-order valence-electron chi connectivity index (χ2n) is 5.03. The fraction of sp³-hybridized carbons (Fsp3) is 0.500. The molecule has 104 valence electrons. The van der Waals surface area contributed by atoms with E-state index in [1.165, 1.54) is 12.1 Å². The molecule has 1 heterocycles. The minimum Gasteiger partial charge on any atom is -0.481 e. The van der Waals surface area contributed by atoms with Gasteiger partial charge in [0.15, 0.2) is 0 Å². The highest BCUT2D eigenvalue weighted by molar-refractivity contribution is 9.10. The zero-order valence-electron chi connectivity index (χ0n) is 10.8. The maximum atomic E-state index is 13.0. The van der Waals surface area contributed by atoms with Crippen molar-refractivity contribution in [3.63, 3.8) is 0 Å². The van der Waals surface area contributed by atoms with Gasteiger partial charge in [0.25, 0.3) is 0 Å². The number of rotatable bonds is 3. The summed E-state index contributed by atoms with van der Waals surface area (Å²) in [6, 6.07) is 4.63. The second-order valence-corrected chi connectivity index (χ2v) is 5.89. The van der Waals surface area contributed by atoms with Crippen molar-refractivity contribution < 1.29 is 14.3 Å². The van der Waals surface area contributed by atoms with E-state index in [0.29, 0.717) is 6.54 Å². The summed E-state index contributed by atoms with van der Waals surface area (Å²) < 4.78 is 13.8. The lowest BCUT2D eigenvalue weighted by molar-refractivity contribution is -0.145. The predicted octanol–water partition coefficient (Wildman–Crippen LogP) is 3.27. The summed E-state index contributed by atoms with van der Waals surface area (Å²) >= 11 is 3.35. The minimum atomic E-state index is -0.727. The Labute approximate surface area is 120 Å². The first-order chi connectivity index (χ1) is 8.99. The summed E-state index contributed by atoms with van der Waals surface area (Å²) in [6.07, 6.45) is 1.62. The third kappa shape index (κ3) is 3.34. The van der Waals surface area contributed by atoms with Crippen molar-refractivity contribution in [2.75, 3.05) is 6.54 Å². The Morgan fingerprint density at radius 2 is 2.32 bits per heavy atom. The van der Waals surface area contributed by atoms with Gasteiger partial charge in [-0.3, -0.25) is 9.69 Å². The number of carboxylic acids is 1. The van der Waals surface area contributed by atoms with Crippen LogP contribution in [0.3, 0.4) is 0 Å². The minimum absolute atomic E-state index is 0.00297. The van der Waals surface area contributed by atoms with Gasteiger partial charge in [-0.25, -0.2) is 4.39 Å². The van der Waals surface area contributed by atoms with Crippen molar-refractivity contribution in [2.24, 2.45) is 5.92 Å². The molecule has 0 amide bonds. The topological polar surface area (TPSA) is 40.5 Å². The van der Waals surface area contributed by atoms with Crippen molar-refractivity contribution in [3.05, 3.63) is 34.1 Å². The molecule has 1 saturated heterocycles. The van der Waals surface area contributed by atoms with E-state index in [9.17, 15) is 14.3 Å². The number of nitrogens with zero attached hydrogens (tertiary/aromatic N) is 1. The number of likely N-dealkylation sites (tertiary alicyclic amines) is 1. The van der Waals surface area contributed by atoms with Crippen molar-refractivity contribution in [2.45, 2.75) is 32.4 Å². The van der Waals surface area contributed by atoms with Gasteiger partial charge in [-0.2, -0.15) is 0 Å². The van der Waals surface area contributed by atoms with Crippen LogP contribution in [-0.2, 0) is 11.3 Å². The molecule has 1 aliphatic rings. The van der Waals surface area contributed by atoms with Crippen LogP contribution in [0, 0.1) is 11.7 Å². The number of halogens is 2. The number of piperidine rings is 1. The lowest BCUT2D eigenvalue weighted by atomic mass is 9.90. The molecule has 1 N–H and O–H groups in total. The van der Waals surface area contributed by atoms with Crippen molar-refractivity contribution >= 4 is 21.9 Å². The maximum Gasteiger partial charge on any atom is 0.308 e. The van der Waals surface area contributed by atoms with Crippen LogP contribution >= 0.6 is 15.9 Å². The third-order valence-electron chi connectivity index (χ3n) is 3.82. The Bertz CT molecular complexity index is 481. The van der Waals surface area contributed by atoms with Gasteiger partial charge in [0.1, 0.15) is 5.82 Å². The third-order valence-corrected chi connectivity index (χ3v) is 4.56. The molecule has 0 aromatic heterocycles. The number of hydrogen-bond acceptors (Lipinski definition) is 2. The SMILES string of the molecule is C[C@@H]1[C@H](C(=O)O)CCCN1Cc1ccc(F)cc1Br. The second kappa shape index (κ2) is 6.01. The van der Waals surface area contributed by atoms with Gasteiger partial charge in [0.05, 0.1) is 5.92 Å². The lowest BCUT2D eigenvalue weighted by Crippen LogP contribution is -2.45. The quantitative estimate of drug-likeness (QED) is 0.925. The van der Waals surface area contributed by atoms with E-state index in [2.05, 4.69) is 20.8 Å². The number of carboxylic acid groups (broad SMARTS) is 1. The van der Waals surface area contributed by atoms with Crippen LogP contribution in [0.1, 0.15) is 25.3 Å².